The summed E-state index contributed by atoms with van der Waals surface area (Å²) in [4.78, 5) is 16.5. The van der Waals surface area contributed by atoms with E-state index in [0.717, 1.165) is 12.1 Å². The fourth-order valence-corrected chi connectivity index (χ4v) is 1.13. The van der Waals surface area contributed by atoms with Crippen LogP contribution in [0.3, 0.4) is 0 Å². The molecular formula is C12H17NO3. The van der Waals surface area contributed by atoms with Crippen molar-refractivity contribution in [2.24, 2.45) is 0 Å². The Morgan fingerprint density at radius 2 is 1.94 bits per heavy atom. The molecule has 0 amide bonds. The maximum absolute atomic E-state index is 11.3. The maximum atomic E-state index is 11.3. The summed E-state index contributed by atoms with van der Waals surface area (Å²) in [6.45, 7) is 4.86. The molecule has 0 saturated heterocycles. The van der Waals surface area contributed by atoms with Crippen LogP contribution in [0.2, 0.25) is 0 Å². The number of carbonyl (C=O) groups is 1. The third-order valence-corrected chi connectivity index (χ3v) is 1.89. The molecule has 1 aromatic rings. The van der Waals surface area contributed by atoms with Gasteiger partial charge in [-0.1, -0.05) is 6.92 Å². The van der Waals surface area contributed by atoms with E-state index in [4.69, 9.17) is 9.57 Å². The van der Waals surface area contributed by atoms with Crippen LogP contribution in [-0.2, 0) is 9.57 Å². The van der Waals surface area contributed by atoms with Gasteiger partial charge in [0.05, 0.1) is 24.5 Å². The molecule has 0 saturated carbocycles. The van der Waals surface area contributed by atoms with Gasteiger partial charge >= 0.3 is 5.97 Å². The highest BCUT2D eigenvalue weighted by molar-refractivity contribution is 5.89. The van der Waals surface area contributed by atoms with E-state index in [1.165, 1.54) is 0 Å². The van der Waals surface area contributed by atoms with Gasteiger partial charge in [-0.25, -0.2) is 4.79 Å². The molecule has 88 valence electrons. The van der Waals surface area contributed by atoms with Gasteiger partial charge < -0.3 is 4.74 Å². The molecule has 0 aliphatic carbocycles. The number of carbonyl (C=O) groups excluding carboxylic acids is 1. The quantitative estimate of drug-likeness (QED) is 0.457. The minimum absolute atomic E-state index is 0.302. The highest BCUT2D eigenvalue weighted by atomic mass is 16.6. The zero-order valence-electron chi connectivity index (χ0n) is 9.66. The van der Waals surface area contributed by atoms with Crippen molar-refractivity contribution in [3.8, 4) is 0 Å². The van der Waals surface area contributed by atoms with Crippen LogP contribution in [0.1, 0.15) is 30.6 Å². The van der Waals surface area contributed by atoms with Crippen LogP contribution >= 0.6 is 0 Å². The minimum Gasteiger partial charge on any atom is -0.462 e. The Labute approximate surface area is 95.5 Å². The second-order valence-electron chi connectivity index (χ2n) is 3.25. The zero-order chi connectivity index (χ0) is 11.8. The molecule has 0 spiro atoms. The third-order valence-electron chi connectivity index (χ3n) is 1.89. The highest BCUT2D eigenvalue weighted by Crippen LogP contribution is 2.10. The number of hydrogen-bond acceptors (Lipinski definition) is 4. The van der Waals surface area contributed by atoms with Gasteiger partial charge in [-0.2, -0.15) is 0 Å². The van der Waals surface area contributed by atoms with Crippen molar-refractivity contribution in [3.63, 3.8) is 0 Å². The first-order valence-electron chi connectivity index (χ1n) is 5.43. The van der Waals surface area contributed by atoms with Crippen LogP contribution in [0, 0.1) is 0 Å². The lowest BCUT2D eigenvalue weighted by Crippen LogP contribution is -2.05. The Morgan fingerprint density at radius 3 is 2.50 bits per heavy atom. The highest BCUT2D eigenvalue weighted by Gasteiger charge is 2.04. The molecule has 4 nitrogen and oxygen atoms in total. The predicted octanol–water partition coefficient (Wildman–Crippen LogP) is 2.62. The molecule has 0 aromatic heterocycles. The number of hydrogen-bond donors (Lipinski definition) is 1. The SMILES string of the molecule is CCCONc1ccc(C(=O)OCC)cc1. The van der Waals surface area contributed by atoms with E-state index in [0.29, 0.717) is 18.8 Å². The Hall–Kier alpha value is -1.55. The maximum Gasteiger partial charge on any atom is 0.338 e. The molecular weight excluding hydrogens is 206 g/mol. The van der Waals surface area contributed by atoms with E-state index in [9.17, 15) is 4.79 Å². The number of ether oxygens (including phenoxy) is 1. The third kappa shape index (κ3) is 3.90. The monoisotopic (exact) mass is 223 g/mol. The standard InChI is InChI=1S/C12H17NO3/c1-3-9-16-13-11-7-5-10(6-8-11)12(14)15-4-2/h5-8,13H,3-4,9H2,1-2H3. The van der Waals surface area contributed by atoms with Crippen LogP contribution in [0.15, 0.2) is 24.3 Å². The largest absolute Gasteiger partial charge is 0.462 e. The fourth-order valence-electron chi connectivity index (χ4n) is 1.13. The van der Waals surface area contributed by atoms with Gasteiger partial charge in [-0.3, -0.25) is 10.3 Å². The second kappa shape index (κ2) is 6.85. The summed E-state index contributed by atoms with van der Waals surface area (Å²) in [6, 6.07) is 6.97. The lowest BCUT2D eigenvalue weighted by molar-refractivity contribution is 0.0526. The van der Waals surface area contributed by atoms with Crippen LogP contribution in [0.5, 0.6) is 0 Å². The van der Waals surface area contributed by atoms with Gasteiger partial charge in [0.25, 0.3) is 0 Å². The topological polar surface area (TPSA) is 47.6 Å². The van der Waals surface area contributed by atoms with Gasteiger partial charge in [-0.15, -0.1) is 0 Å². The molecule has 0 heterocycles. The summed E-state index contributed by atoms with van der Waals surface area (Å²) < 4.78 is 4.88. The zero-order valence-corrected chi connectivity index (χ0v) is 9.66. The summed E-state index contributed by atoms with van der Waals surface area (Å²) >= 11 is 0. The Bertz CT molecular complexity index is 322. The van der Waals surface area contributed by atoms with Crippen molar-refractivity contribution >= 4 is 11.7 Å². The van der Waals surface area contributed by atoms with Crippen molar-refractivity contribution in [1.82, 2.24) is 0 Å². The van der Waals surface area contributed by atoms with Crippen LogP contribution in [0.4, 0.5) is 5.69 Å². The summed E-state index contributed by atoms with van der Waals surface area (Å²) in [5, 5.41) is 0. The summed E-state index contributed by atoms with van der Waals surface area (Å²) in [7, 11) is 0. The van der Waals surface area contributed by atoms with E-state index in [-0.39, 0.29) is 5.97 Å². The molecule has 16 heavy (non-hydrogen) atoms. The second-order valence-corrected chi connectivity index (χ2v) is 3.25. The number of esters is 1. The van der Waals surface area contributed by atoms with Gasteiger partial charge in [0.15, 0.2) is 0 Å². The van der Waals surface area contributed by atoms with Crippen molar-refractivity contribution < 1.29 is 14.4 Å². The van der Waals surface area contributed by atoms with Crippen LogP contribution < -0.4 is 5.48 Å². The summed E-state index contributed by atoms with van der Waals surface area (Å²) in [6.07, 6.45) is 0.952. The first-order chi connectivity index (χ1) is 7.77. The number of anilines is 1. The van der Waals surface area contributed by atoms with Crippen molar-refractivity contribution in [2.45, 2.75) is 20.3 Å². The first-order valence-corrected chi connectivity index (χ1v) is 5.43. The lowest BCUT2D eigenvalue weighted by Gasteiger charge is -2.06. The predicted molar refractivity (Wildman–Crippen MR) is 62.3 cm³/mol. The Morgan fingerprint density at radius 1 is 1.25 bits per heavy atom. The van der Waals surface area contributed by atoms with Gasteiger partial charge in [0, 0.05) is 0 Å². The molecule has 0 aliphatic heterocycles. The lowest BCUT2D eigenvalue weighted by atomic mass is 10.2. The average molecular weight is 223 g/mol. The molecule has 0 aliphatic rings. The molecule has 0 atom stereocenters. The Kier molecular flexibility index (Phi) is 5.36. The van der Waals surface area contributed by atoms with Gasteiger partial charge in [-0.05, 0) is 37.6 Å². The molecule has 1 N–H and O–H groups in total. The van der Waals surface area contributed by atoms with E-state index >= 15 is 0 Å². The number of rotatable bonds is 6. The number of benzene rings is 1. The van der Waals surface area contributed by atoms with Crippen LogP contribution in [-0.4, -0.2) is 19.2 Å². The molecule has 1 aromatic carbocycles. The van der Waals surface area contributed by atoms with Crippen molar-refractivity contribution in [1.29, 1.82) is 0 Å². The molecule has 0 bridgehead atoms. The van der Waals surface area contributed by atoms with E-state index in [2.05, 4.69) is 5.48 Å². The molecule has 0 radical (unpaired) electrons. The number of nitrogens with one attached hydrogen (secondary N) is 1. The smallest absolute Gasteiger partial charge is 0.338 e. The van der Waals surface area contributed by atoms with E-state index in [1.807, 2.05) is 6.92 Å². The molecule has 1 rings (SSSR count). The fraction of sp³-hybridized carbons (Fsp3) is 0.417. The Balaban J connectivity index is 2.50. The minimum atomic E-state index is -0.302. The molecule has 0 unspecified atom stereocenters. The summed E-state index contributed by atoms with van der Waals surface area (Å²) in [5.74, 6) is -0.302. The first kappa shape index (κ1) is 12.5. The van der Waals surface area contributed by atoms with Gasteiger partial charge in [0.2, 0.25) is 0 Å². The summed E-state index contributed by atoms with van der Waals surface area (Å²) in [5.41, 5.74) is 4.16. The van der Waals surface area contributed by atoms with Gasteiger partial charge in [0.1, 0.15) is 0 Å². The van der Waals surface area contributed by atoms with Crippen LogP contribution in [0.25, 0.3) is 0 Å². The molecule has 0 fully saturated rings. The normalized spacial score (nSPS) is 9.88. The van der Waals surface area contributed by atoms with Crippen molar-refractivity contribution in [2.75, 3.05) is 18.7 Å². The van der Waals surface area contributed by atoms with E-state index in [1.54, 1.807) is 31.2 Å². The molecule has 4 heteroatoms. The van der Waals surface area contributed by atoms with Crippen molar-refractivity contribution in [3.05, 3.63) is 29.8 Å². The van der Waals surface area contributed by atoms with E-state index < -0.39 is 0 Å². The average Bonchev–Trinajstić information content (AvgIpc) is 2.30.